The van der Waals surface area contributed by atoms with Gasteiger partial charge >= 0.3 is 16.0 Å². The number of benzene rings is 1. The first-order valence-corrected chi connectivity index (χ1v) is 5.67. The maximum absolute atomic E-state index is 11.5. The molecule has 1 aliphatic heterocycles. The van der Waals surface area contributed by atoms with Crippen molar-refractivity contribution in [2.24, 2.45) is 0 Å². The lowest BCUT2D eigenvalue weighted by Crippen LogP contribution is -2.05. The van der Waals surface area contributed by atoms with E-state index < -0.39 is 5.97 Å². The topological polar surface area (TPSA) is 65.0 Å². The Morgan fingerprint density at radius 2 is 2.31 bits per heavy atom. The average molecular weight is 238 g/mol. The van der Waals surface area contributed by atoms with E-state index in [1.165, 1.54) is 12.1 Å². The molecule has 0 bridgehead atoms. The summed E-state index contributed by atoms with van der Waals surface area (Å²) in [6, 6.07) is 2.82. The van der Waals surface area contributed by atoms with Crippen molar-refractivity contribution in [3.05, 3.63) is 17.7 Å². The highest BCUT2D eigenvalue weighted by molar-refractivity contribution is 6.23. The summed E-state index contributed by atoms with van der Waals surface area (Å²) in [7, 11) is -0.178. The van der Waals surface area contributed by atoms with E-state index in [9.17, 15) is 9.90 Å². The zero-order valence-electron chi connectivity index (χ0n) is 8.65. The van der Waals surface area contributed by atoms with E-state index in [0.717, 1.165) is 6.42 Å². The molecular weight excluding hydrogens is 228 g/mol. The third-order valence-corrected chi connectivity index (χ3v) is 2.59. The average Bonchev–Trinajstić information content (AvgIpc) is 2.74. The molecule has 5 nitrogen and oxygen atoms in total. The summed E-state index contributed by atoms with van der Waals surface area (Å²) in [6.45, 7) is 2.27. The van der Waals surface area contributed by atoms with Crippen LogP contribution in [0, 0.1) is 0 Å². The van der Waals surface area contributed by atoms with Crippen LogP contribution in [0.1, 0.15) is 23.7 Å². The first-order chi connectivity index (χ1) is 7.72. The standard InChI is InChI=1S/C10H10O5Si/c1-2-3-13-10(12)6-4-7(11)9-8(5-6)14-16-15-9/h4-5,11H,2-3H2,1H3. The highest BCUT2D eigenvalue weighted by atomic mass is 28.3. The second-order valence-electron chi connectivity index (χ2n) is 3.25. The minimum atomic E-state index is -0.473. The number of phenols is 1. The molecule has 0 unspecified atom stereocenters. The molecular formula is C10H10O5Si. The molecule has 6 heteroatoms. The molecule has 2 rings (SSSR count). The fourth-order valence-corrected chi connectivity index (χ4v) is 1.84. The maximum Gasteiger partial charge on any atom is 0.610 e. The van der Waals surface area contributed by atoms with Crippen molar-refractivity contribution in [2.75, 3.05) is 6.61 Å². The number of phenolic OH excluding ortho intramolecular Hbond substituents is 1. The molecule has 2 radical (unpaired) electrons. The molecule has 1 aromatic carbocycles. The van der Waals surface area contributed by atoms with Crippen LogP contribution in [0.3, 0.4) is 0 Å². The molecule has 0 saturated carbocycles. The molecule has 1 aliphatic rings. The van der Waals surface area contributed by atoms with Crippen LogP contribution >= 0.6 is 0 Å². The van der Waals surface area contributed by atoms with Gasteiger partial charge in [-0.3, -0.25) is 0 Å². The normalized spacial score (nSPS) is 12.6. The van der Waals surface area contributed by atoms with Gasteiger partial charge in [0.15, 0.2) is 17.2 Å². The summed E-state index contributed by atoms with van der Waals surface area (Å²) in [5.74, 6) is 0.0805. The highest BCUT2D eigenvalue weighted by Gasteiger charge is 2.23. The number of hydrogen-bond acceptors (Lipinski definition) is 5. The number of rotatable bonds is 3. The van der Waals surface area contributed by atoms with Gasteiger partial charge in [-0.05, 0) is 18.6 Å². The van der Waals surface area contributed by atoms with E-state index in [2.05, 4.69) is 0 Å². The fraction of sp³-hybridized carbons (Fsp3) is 0.300. The van der Waals surface area contributed by atoms with Crippen LogP contribution in [0.4, 0.5) is 0 Å². The van der Waals surface area contributed by atoms with Gasteiger partial charge in [-0.1, -0.05) is 6.92 Å². The van der Waals surface area contributed by atoms with Crippen LogP contribution in [0.2, 0.25) is 0 Å². The summed E-state index contributed by atoms with van der Waals surface area (Å²) in [4.78, 5) is 11.5. The Hall–Kier alpha value is -1.69. The zero-order chi connectivity index (χ0) is 11.5. The van der Waals surface area contributed by atoms with E-state index in [-0.39, 0.29) is 27.1 Å². The molecule has 0 atom stereocenters. The lowest BCUT2D eigenvalue weighted by molar-refractivity contribution is 0.0504. The molecule has 1 heterocycles. The van der Waals surface area contributed by atoms with Crippen LogP contribution < -0.4 is 8.85 Å². The molecule has 0 spiro atoms. The molecule has 0 aliphatic carbocycles. The highest BCUT2D eigenvalue weighted by Crippen LogP contribution is 2.40. The van der Waals surface area contributed by atoms with Gasteiger partial charge in [-0.15, -0.1) is 0 Å². The van der Waals surface area contributed by atoms with Crippen LogP contribution in [0.15, 0.2) is 12.1 Å². The van der Waals surface area contributed by atoms with Crippen molar-refractivity contribution < 1.29 is 23.5 Å². The minimum Gasteiger partial charge on any atom is -0.505 e. The Morgan fingerprint density at radius 1 is 1.50 bits per heavy atom. The summed E-state index contributed by atoms with van der Waals surface area (Å²) >= 11 is 0. The van der Waals surface area contributed by atoms with Gasteiger partial charge < -0.3 is 18.7 Å². The third kappa shape index (κ3) is 1.96. The number of esters is 1. The first-order valence-electron chi connectivity index (χ1n) is 4.85. The number of hydrogen-bond donors (Lipinski definition) is 1. The second kappa shape index (κ2) is 4.44. The van der Waals surface area contributed by atoms with E-state index in [1.54, 1.807) is 0 Å². The van der Waals surface area contributed by atoms with E-state index in [4.69, 9.17) is 13.6 Å². The Bertz CT molecular complexity index is 418. The summed E-state index contributed by atoms with van der Waals surface area (Å²) in [5.41, 5.74) is 0.264. The summed E-state index contributed by atoms with van der Waals surface area (Å²) < 4.78 is 15.1. The molecule has 1 N–H and O–H groups in total. The van der Waals surface area contributed by atoms with Crippen LogP contribution in [0.5, 0.6) is 17.2 Å². The minimum absolute atomic E-state index is 0.106. The number of fused-ring (bicyclic) bond motifs is 1. The quantitative estimate of drug-likeness (QED) is 0.634. The molecule has 16 heavy (non-hydrogen) atoms. The van der Waals surface area contributed by atoms with Gasteiger partial charge in [-0.2, -0.15) is 0 Å². The van der Waals surface area contributed by atoms with Gasteiger partial charge in [0.05, 0.1) is 12.2 Å². The molecule has 84 valence electrons. The SMILES string of the molecule is CCCOC(=O)c1cc(O)c2c(c1)O[Si]O2. The Balaban J connectivity index is 2.23. The van der Waals surface area contributed by atoms with Crippen molar-refractivity contribution >= 4 is 16.0 Å². The largest absolute Gasteiger partial charge is 0.610 e. The smallest absolute Gasteiger partial charge is 0.505 e. The van der Waals surface area contributed by atoms with E-state index in [0.29, 0.717) is 12.4 Å². The predicted molar refractivity (Wildman–Crippen MR) is 55.7 cm³/mol. The fourth-order valence-electron chi connectivity index (χ4n) is 1.27. The van der Waals surface area contributed by atoms with Gasteiger partial charge in [-0.25, -0.2) is 4.79 Å². The second-order valence-corrected chi connectivity index (χ2v) is 3.82. The van der Waals surface area contributed by atoms with Crippen LogP contribution in [-0.4, -0.2) is 27.7 Å². The van der Waals surface area contributed by atoms with Crippen molar-refractivity contribution in [3.63, 3.8) is 0 Å². The first kappa shape index (κ1) is 10.8. The number of ether oxygens (including phenoxy) is 1. The van der Waals surface area contributed by atoms with Gasteiger partial charge in [0, 0.05) is 0 Å². The lowest BCUT2D eigenvalue weighted by Gasteiger charge is -2.06. The summed E-state index contributed by atoms with van der Waals surface area (Å²) in [5, 5.41) is 9.58. The Labute approximate surface area is 95.0 Å². The number of aromatic hydroxyl groups is 1. The predicted octanol–water partition coefficient (Wildman–Crippen LogP) is 1.26. The number of carbonyl (C=O) groups is 1. The monoisotopic (exact) mass is 238 g/mol. The lowest BCUT2D eigenvalue weighted by atomic mass is 10.2. The van der Waals surface area contributed by atoms with E-state index >= 15 is 0 Å². The molecule has 1 aromatic rings. The Morgan fingerprint density at radius 3 is 3.06 bits per heavy atom. The van der Waals surface area contributed by atoms with Crippen molar-refractivity contribution in [2.45, 2.75) is 13.3 Å². The van der Waals surface area contributed by atoms with Crippen molar-refractivity contribution in [3.8, 4) is 17.2 Å². The van der Waals surface area contributed by atoms with Gasteiger partial charge in [0.2, 0.25) is 0 Å². The van der Waals surface area contributed by atoms with Gasteiger partial charge in [0.1, 0.15) is 0 Å². The molecule has 0 aromatic heterocycles. The van der Waals surface area contributed by atoms with E-state index in [1.807, 2.05) is 6.92 Å². The van der Waals surface area contributed by atoms with Gasteiger partial charge in [0.25, 0.3) is 0 Å². The van der Waals surface area contributed by atoms with Crippen molar-refractivity contribution in [1.29, 1.82) is 0 Å². The maximum atomic E-state index is 11.5. The molecule has 0 amide bonds. The third-order valence-electron chi connectivity index (χ3n) is 2.00. The van der Waals surface area contributed by atoms with Crippen molar-refractivity contribution in [1.82, 2.24) is 0 Å². The summed E-state index contributed by atoms with van der Waals surface area (Å²) in [6.07, 6.45) is 0.754. The molecule has 0 saturated heterocycles. The Kier molecular flexibility index (Phi) is 3.00. The number of carbonyl (C=O) groups excluding carboxylic acids is 1. The zero-order valence-corrected chi connectivity index (χ0v) is 9.65. The van der Waals surface area contributed by atoms with Crippen LogP contribution in [0.25, 0.3) is 0 Å². The van der Waals surface area contributed by atoms with Crippen LogP contribution in [-0.2, 0) is 4.74 Å². The molecule has 0 fully saturated rings.